The van der Waals surface area contributed by atoms with Gasteiger partial charge in [0, 0.05) is 25.8 Å². The maximum absolute atomic E-state index is 12.5. The number of aromatic nitrogens is 1. The smallest absolute Gasteiger partial charge is 0.407 e. The van der Waals surface area contributed by atoms with E-state index in [0.29, 0.717) is 30.7 Å². The van der Waals surface area contributed by atoms with E-state index in [1.165, 1.54) is 11.3 Å². The summed E-state index contributed by atoms with van der Waals surface area (Å²) in [7, 11) is 0. The fourth-order valence-corrected chi connectivity index (χ4v) is 3.93. The molecular formula is C21H28N4O3S. The molecule has 2 aromatic rings. The van der Waals surface area contributed by atoms with Crippen molar-refractivity contribution in [1.29, 1.82) is 0 Å². The maximum atomic E-state index is 12.5. The number of amides is 3. The third-order valence-electron chi connectivity index (χ3n) is 4.61. The van der Waals surface area contributed by atoms with Crippen molar-refractivity contribution in [2.45, 2.75) is 39.2 Å². The lowest BCUT2D eigenvalue weighted by molar-refractivity contribution is 0.0511. The molecule has 1 saturated heterocycles. The van der Waals surface area contributed by atoms with Crippen LogP contribution in [0, 0.1) is 5.92 Å². The highest BCUT2D eigenvalue weighted by atomic mass is 32.1. The average Bonchev–Trinajstić information content (AvgIpc) is 3.14. The Morgan fingerprint density at radius 3 is 2.55 bits per heavy atom. The van der Waals surface area contributed by atoms with Crippen molar-refractivity contribution >= 4 is 28.6 Å². The lowest BCUT2D eigenvalue weighted by Crippen LogP contribution is -2.43. The van der Waals surface area contributed by atoms with E-state index < -0.39 is 11.7 Å². The minimum absolute atomic E-state index is 0.127. The summed E-state index contributed by atoms with van der Waals surface area (Å²) in [6, 6.07) is 9.85. The van der Waals surface area contributed by atoms with Crippen LogP contribution in [0.15, 0.2) is 36.5 Å². The third-order valence-corrected chi connectivity index (χ3v) is 5.58. The van der Waals surface area contributed by atoms with Gasteiger partial charge in [-0.25, -0.2) is 14.6 Å². The van der Waals surface area contributed by atoms with Crippen LogP contribution in [0.25, 0.3) is 10.4 Å². The number of hydrogen-bond donors (Lipinski definition) is 2. The SMILES string of the molecule is CC(C)(C)OC(=O)NCC1CCN(C(=O)Nc2ncc(-c3ccccc3)s2)CC1. The lowest BCUT2D eigenvalue weighted by Gasteiger charge is -2.32. The minimum atomic E-state index is -0.498. The molecule has 156 valence electrons. The molecule has 3 rings (SSSR count). The molecule has 0 unspecified atom stereocenters. The van der Waals surface area contributed by atoms with E-state index in [-0.39, 0.29) is 6.03 Å². The van der Waals surface area contributed by atoms with Crippen LogP contribution in [0.4, 0.5) is 14.7 Å². The summed E-state index contributed by atoms with van der Waals surface area (Å²) in [6.07, 6.45) is 3.08. The van der Waals surface area contributed by atoms with Gasteiger partial charge in [0.25, 0.3) is 0 Å². The molecule has 7 nitrogen and oxygen atoms in total. The molecule has 0 spiro atoms. The molecule has 0 atom stereocenters. The zero-order valence-electron chi connectivity index (χ0n) is 17.1. The van der Waals surface area contributed by atoms with Gasteiger partial charge in [-0.3, -0.25) is 5.32 Å². The number of thiazole rings is 1. The van der Waals surface area contributed by atoms with Crippen molar-refractivity contribution in [1.82, 2.24) is 15.2 Å². The van der Waals surface area contributed by atoms with Crippen LogP contribution in [0.3, 0.4) is 0 Å². The number of anilines is 1. The van der Waals surface area contributed by atoms with Crippen molar-refractivity contribution < 1.29 is 14.3 Å². The fraction of sp³-hybridized carbons (Fsp3) is 0.476. The molecule has 2 heterocycles. The third kappa shape index (κ3) is 6.45. The molecule has 0 saturated carbocycles. The number of nitrogens with one attached hydrogen (secondary N) is 2. The van der Waals surface area contributed by atoms with Crippen LogP contribution >= 0.6 is 11.3 Å². The molecule has 1 aliphatic heterocycles. The van der Waals surface area contributed by atoms with E-state index >= 15 is 0 Å². The quantitative estimate of drug-likeness (QED) is 0.764. The van der Waals surface area contributed by atoms with Gasteiger partial charge in [0.1, 0.15) is 5.60 Å². The standard InChI is InChI=1S/C21H28N4O3S/c1-21(2,3)28-20(27)23-13-15-9-11-25(12-10-15)19(26)24-18-22-14-17(29-18)16-7-5-4-6-8-16/h4-8,14-15H,9-13H2,1-3H3,(H,23,27)(H,22,24,26). The molecule has 1 fully saturated rings. The first-order chi connectivity index (χ1) is 13.8. The fourth-order valence-electron chi connectivity index (χ4n) is 3.12. The second-order valence-electron chi connectivity index (χ2n) is 8.14. The van der Waals surface area contributed by atoms with Crippen molar-refractivity contribution in [2.75, 3.05) is 25.0 Å². The molecule has 2 N–H and O–H groups in total. The Balaban J connectivity index is 1.42. The highest BCUT2D eigenvalue weighted by molar-refractivity contribution is 7.19. The minimum Gasteiger partial charge on any atom is -0.444 e. The van der Waals surface area contributed by atoms with Gasteiger partial charge < -0.3 is 15.0 Å². The second kappa shape index (κ2) is 9.26. The van der Waals surface area contributed by atoms with Gasteiger partial charge >= 0.3 is 12.1 Å². The number of urea groups is 1. The molecule has 1 aliphatic rings. The van der Waals surface area contributed by atoms with E-state index in [1.807, 2.05) is 51.1 Å². The number of alkyl carbamates (subject to hydrolysis) is 1. The Labute approximate surface area is 175 Å². The number of carbonyl (C=O) groups excluding carboxylic acids is 2. The number of ether oxygens (including phenoxy) is 1. The summed E-state index contributed by atoms with van der Waals surface area (Å²) in [6.45, 7) is 7.41. The topological polar surface area (TPSA) is 83.6 Å². The molecule has 0 bridgehead atoms. The number of likely N-dealkylation sites (tertiary alicyclic amines) is 1. The number of hydrogen-bond acceptors (Lipinski definition) is 5. The Morgan fingerprint density at radius 2 is 1.90 bits per heavy atom. The molecule has 8 heteroatoms. The zero-order chi connectivity index (χ0) is 20.9. The van der Waals surface area contributed by atoms with Crippen LogP contribution in [0.2, 0.25) is 0 Å². The first-order valence-electron chi connectivity index (χ1n) is 9.84. The summed E-state index contributed by atoms with van der Waals surface area (Å²) in [5, 5.41) is 6.32. The Bertz CT molecular complexity index is 824. The maximum Gasteiger partial charge on any atom is 0.407 e. The normalized spacial score (nSPS) is 15.1. The largest absolute Gasteiger partial charge is 0.444 e. The van der Waals surface area contributed by atoms with Gasteiger partial charge in [-0.2, -0.15) is 0 Å². The lowest BCUT2D eigenvalue weighted by atomic mass is 9.97. The first-order valence-corrected chi connectivity index (χ1v) is 10.7. The van der Waals surface area contributed by atoms with Crippen molar-refractivity contribution in [3.05, 3.63) is 36.5 Å². The number of carbonyl (C=O) groups is 2. The molecule has 1 aromatic heterocycles. The summed E-state index contributed by atoms with van der Waals surface area (Å²) in [5.41, 5.74) is 0.589. The molecule has 3 amide bonds. The van der Waals surface area contributed by atoms with E-state index in [2.05, 4.69) is 15.6 Å². The summed E-state index contributed by atoms with van der Waals surface area (Å²) in [5.74, 6) is 0.344. The number of piperidine rings is 1. The van der Waals surface area contributed by atoms with E-state index in [1.54, 1.807) is 11.1 Å². The summed E-state index contributed by atoms with van der Waals surface area (Å²) < 4.78 is 5.26. The van der Waals surface area contributed by atoms with E-state index in [4.69, 9.17) is 4.74 Å². The molecular weight excluding hydrogens is 388 g/mol. The second-order valence-corrected chi connectivity index (χ2v) is 9.17. The highest BCUT2D eigenvalue weighted by Crippen LogP contribution is 2.29. The molecule has 0 aliphatic carbocycles. The molecule has 1 aromatic carbocycles. The monoisotopic (exact) mass is 416 g/mol. The van der Waals surface area contributed by atoms with Gasteiger partial charge in [-0.15, -0.1) is 0 Å². The Kier molecular flexibility index (Phi) is 6.74. The van der Waals surface area contributed by atoms with Gasteiger partial charge in [0.15, 0.2) is 5.13 Å². The van der Waals surface area contributed by atoms with E-state index in [9.17, 15) is 9.59 Å². The van der Waals surface area contributed by atoms with Crippen LogP contribution < -0.4 is 10.6 Å². The highest BCUT2D eigenvalue weighted by Gasteiger charge is 2.24. The van der Waals surface area contributed by atoms with Crippen LogP contribution in [0.1, 0.15) is 33.6 Å². The van der Waals surface area contributed by atoms with Crippen molar-refractivity contribution in [2.24, 2.45) is 5.92 Å². The van der Waals surface area contributed by atoms with Gasteiger partial charge in [0.05, 0.1) is 4.88 Å². The number of nitrogens with zero attached hydrogens (tertiary/aromatic N) is 2. The van der Waals surface area contributed by atoms with Crippen LogP contribution in [0.5, 0.6) is 0 Å². The number of rotatable bonds is 4. The van der Waals surface area contributed by atoms with Gasteiger partial charge in [-0.1, -0.05) is 41.7 Å². The van der Waals surface area contributed by atoms with Gasteiger partial charge in [-0.05, 0) is 45.1 Å². The summed E-state index contributed by atoms with van der Waals surface area (Å²) >= 11 is 1.46. The summed E-state index contributed by atoms with van der Waals surface area (Å²) in [4.78, 5) is 31.4. The molecule has 0 radical (unpaired) electrons. The Hall–Kier alpha value is -2.61. The predicted octanol–water partition coefficient (Wildman–Crippen LogP) is 4.58. The molecule has 29 heavy (non-hydrogen) atoms. The Morgan fingerprint density at radius 1 is 1.21 bits per heavy atom. The van der Waals surface area contributed by atoms with Gasteiger partial charge in [0.2, 0.25) is 0 Å². The van der Waals surface area contributed by atoms with E-state index in [0.717, 1.165) is 23.3 Å². The number of benzene rings is 1. The predicted molar refractivity (Wildman–Crippen MR) is 115 cm³/mol. The zero-order valence-corrected chi connectivity index (χ0v) is 17.9. The van der Waals surface area contributed by atoms with Crippen LogP contribution in [-0.2, 0) is 4.74 Å². The van der Waals surface area contributed by atoms with Crippen molar-refractivity contribution in [3.8, 4) is 10.4 Å². The first kappa shape index (κ1) is 21.1. The average molecular weight is 417 g/mol. The van der Waals surface area contributed by atoms with Crippen molar-refractivity contribution in [3.63, 3.8) is 0 Å². The van der Waals surface area contributed by atoms with Crippen LogP contribution in [-0.4, -0.2) is 47.2 Å².